The van der Waals surface area contributed by atoms with Crippen LogP contribution >= 0.6 is 0 Å². The fourth-order valence-corrected chi connectivity index (χ4v) is 4.23. The van der Waals surface area contributed by atoms with Crippen molar-refractivity contribution in [2.45, 2.75) is 58.9 Å². The standard InChI is InChI=1S/C27H39N3O2/c1-5-7-16-29(17-8-6-2)18-11-19-30-24-13-10-9-12-23(24)28-27(30)21-22-14-15-25(31-3)26(20-22)32-4/h9-10,12-15,20H,5-8,11,16-19,21H2,1-4H3. The molecule has 32 heavy (non-hydrogen) atoms. The summed E-state index contributed by atoms with van der Waals surface area (Å²) in [4.78, 5) is 7.62. The molecule has 0 amide bonds. The highest BCUT2D eigenvalue weighted by atomic mass is 16.5. The SMILES string of the molecule is CCCCN(CCCC)CCCn1c(Cc2ccc(OC)c(OC)c2)nc2ccccc21. The molecule has 0 unspecified atom stereocenters. The molecule has 0 radical (unpaired) electrons. The summed E-state index contributed by atoms with van der Waals surface area (Å²) < 4.78 is 13.3. The molecule has 0 fully saturated rings. The molecule has 1 heterocycles. The Labute approximate surface area is 193 Å². The maximum atomic E-state index is 5.50. The van der Waals surface area contributed by atoms with E-state index < -0.39 is 0 Å². The van der Waals surface area contributed by atoms with Crippen molar-refractivity contribution in [3.63, 3.8) is 0 Å². The maximum absolute atomic E-state index is 5.50. The van der Waals surface area contributed by atoms with Gasteiger partial charge in [0.05, 0.1) is 25.3 Å². The second-order valence-electron chi connectivity index (χ2n) is 8.44. The zero-order valence-corrected chi connectivity index (χ0v) is 20.3. The molecular formula is C27H39N3O2. The van der Waals surface area contributed by atoms with Gasteiger partial charge in [-0.1, -0.05) is 44.9 Å². The van der Waals surface area contributed by atoms with Crippen LogP contribution in [0.4, 0.5) is 0 Å². The normalized spacial score (nSPS) is 11.4. The van der Waals surface area contributed by atoms with E-state index in [2.05, 4.69) is 59.7 Å². The van der Waals surface area contributed by atoms with Gasteiger partial charge in [0, 0.05) is 13.0 Å². The highest BCUT2D eigenvalue weighted by Gasteiger charge is 2.13. The highest BCUT2D eigenvalue weighted by Crippen LogP contribution is 2.29. The summed E-state index contributed by atoms with van der Waals surface area (Å²) in [6.07, 6.45) is 6.97. The third-order valence-corrected chi connectivity index (χ3v) is 6.06. The van der Waals surface area contributed by atoms with Gasteiger partial charge in [0.2, 0.25) is 0 Å². The van der Waals surface area contributed by atoms with Gasteiger partial charge in [-0.2, -0.15) is 0 Å². The van der Waals surface area contributed by atoms with Crippen molar-refractivity contribution in [2.24, 2.45) is 0 Å². The number of rotatable bonds is 14. The smallest absolute Gasteiger partial charge is 0.161 e. The molecule has 0 atom stereocenters. The van der Waals surface area contributed by atoms with Crippen molar-refractivity contribution in [1.82, 2.24) is 14.5 Å². The van der Waals surface area contributed by atoms with E-state index in [0.717, 1.165) is 48.8 Å². The largest absolute Gasteiger partial charge is 0.493 e. The number of aromatic nitrogens is 2. The minimum Gasteiger partial charge on any atom is -0.493 e. The Hall–Kier alpha value is -2.53. The number of imidazole rings is 1. The third-order valence-electron chi connectivity index (χ3n) is 6.06. The van der Waals surface area contributed by atoms with Gasteiger partial charge < -0.3 is 18.9 Å². The first-order valence-electron chi connectivity index (χ1n) is 12.1. The Morgan fingerprint density at radius 1 is 0.844 bits per heavy atom. The number of benzene rings is 2. The number of para-hydroxylation sites is 2. The topological polar surface area (TPSA) is 39.5 Å². The fourth-order valence-electron chi connectivity index (χ4n) is 4.23. The van der Waals surface area contributed by atoms with Crippen molar-refractivity contribution in [3.05, 3.63) is 53.9 Å². The van der Waals surface area contributed by atoms with Gasteiger partial charge >= 0.3 is 0 Å². The lowest BCUT2D eigenvalue weighted by Crippen LogP contribution is -2.28. The minimum absolute atomic E-state index is 0.754. The van der Waals surface area contributed by atoms with Gasteiger partial charge in [0.25, 0.3) is 0 Å². The van der Waals surface area contributed by atoms with Crippen LogP contribution in [0.2, 0.25) is 0 Å². The van der Waals surface area contributed by atoms with Crippen LogP contribution in [0.5, 0.6) is 11.5 Å². The van der Waals surface area contributed by atoms with E-state index in [1.807, 2.05) is 6.07 Å². The van der Waals surface area contributed by atoms with Gasteiger partial charge in [-0.25, -0.2) is 4.98 Å². The second-order valence-corrected chi connectivity index (χ2v) is 8.44. The Morgan fingerprint density at radius 2 is 1.53 bits per heavy atom. The first-order chi connectivity index (χ1) is 15.7. The third kappa shape index (κ3) is 6.26. The van der Waals surface area contributed by atoms with E-state index in [0.29, 0.717) is 0 Å². The van der Waals surface area contributed by atoms with Crippen LogP contribution in [0.1, 0.15) is 57.3 Å². The Balaban J connectivity index is 1.77. The van der Waals surface area contributed by atoms with Crippen molar-refractivity contribution in [3.8, 4) is 11.5 Å². The van der Waals surface area contributed by atoms with Crippen LogP contribution in [0, 0.1) is 0 Å². The van der Waals surface area contributed by atoms with Gasteiger partial charge in [-0.05, 0) is 68.7 Å². The number of aryl methyl sites for hydroxylation is 1. The molecule has 2 aromatic carbocycles. The summed E-state index contributed by atoms with van der Waals surface area (Å²) in [5, 5.41) is 0. The summed E-state index contributed by atoms with van der Waals surface area (Å²) in [6, 6.07) is 14.6. The molecule has 0 spiro atoms. The second kappa shape index (κ2) is 12.5. The maximum Gasteiger partial charge on any atom is 0.161 e. The fraction of sp³-hybridized carbons (Fsp3) is 0.519. The molecule has 3 rings (SSSR count). The Kier molecular flexibility index (Phi) is 9.42. The molecule has 0 N–H and O–H groups in total. The lowest BCUT2D eigenvalue weighted by molar-refractivity contribution is 0.257. The number of methoxy groups -OCH3 is 2. The van der Waals surface area contributed by atoms with Crippen molar-refractivity contribution >= 4 is 11.0 Å². The number of hydrogen-bond donors (Lipinski definition) is 0. The number of ether oxygens (including phenoxy) is 2. The van der Waals surface area contributed by atoms with E-state index in [4.69, 9.17) is 14.5 Å². The molecular weight excluding hydrogens is 398 g/mol. The van der Waals surface area contributed by atoms with E-state index in [1.54, 1.807) is 14.2 Å². The monoisotopic (exact) mass is 437 g/mol. The summed E-state index contributed by atoms with van der Waals surface area (Å²) in [5.74, 6) is 2.62. The molecule has 5 nitrogen and oxygen atoms in total. The average molecular weight is 438 g/mol. The van der Waals surface area contributed by atoms with Crippen LogP contribution in [-0.4, -0.2) is 48.3 Å². The molecule has 0 bridgehead atoms. The highest BCUT2D eigenvalue weighted by molar-refractivity contribution is 5.76. The summed E-state index contributed by atoms with van der Waals surface area (Å²) in [5.41, 5.74) is 3.46. The first kappa shape index (κ1) is 24.1. The first-order valence-corrected chi connectivity index (χ1v) is 12.1. The molecule has 0 aliphatic rings. The van der Waals surface area contributed by atoms with Crippen molar-refractivity contribution in [2.75, 3.05) is 33.9 Å². The van der Waals surface area contributed by atoms with Gasteiger partial charge in [0.1, 0.15) is 5.82 Å². The molecule has 0 aliphatic heterocycles. The molecule has 1 aromatic heterocycles. The summed E-state index contributed by atoms with van der Waals surface area (Å²) in [7, 11) is 3.35. The number of fused-ring (bicyclic) bond motifs is 1. The average Bonchev–Trinajstić information content (AvgIpc) is 3.17. The zero-order chi connectivity index (χ0) is 22.8. The van der Waals surface area contributed by atoms with E-state index in [1.165, 1.54) is 49.9 Å². The number of unbranched alkanes of at least 4 members (excludes halogenated alkanes) is 2. The molecule has 5 heteroatoms. The zero-order valence-electron chi connectivity index (χ0n) is 20.3. The molecule has 0 saturated heterocycles. The van der Waals surface area contributed by atoms with Crippen molar-refractivity contribution < 1.29 is 9.47 Å². The van der Waals surface area contributed by atoms with Crippen LogP contribution in [-0.2, 0) is 13.0 Å². The van der Waals surface area contributed by atoms with Crippen LogP contribution in [0.15, 0.2) is 42.5 Å². The molecule has 174 valence electrons. The van der Waals surface area contributed by atoms with Gasteiger partial charge in [-0.3, -0.25) is 0 Å². The van der Waals surface area contributed by atoms with E-state index >= 15 is 0 Å². The molecule has 0 saturated carbocycles. The quantitative estimate of drug-likeness (QED) is 0.313. The predicted octanol–water partition coefficient (Wildman–Crippen LogP) is 5.94. The molecule has 0 aliphatic carbocycles. The van der Waals surface area contributed by atoms with Gasteiger partial charge in [0.15, 0.2) is 11.5 Å². The van der Waals surface area contributed by atoms with E-state index in [-0.39, 0.29) is 0 Å². The van der Waals surface area contributed by atoms with E-state index in [9.17, 15) is 0 Å². The lowest BCUT2D eigenvalue weighted by atomic mass is 10.1. The Morgan fingerprint density at radius 3 is 2.22 bits per heavy atom. The number of hydrogen-bond acceptors (Lipinski definition) is 4. The lowest BCUT2D eigenvalue weighted by Gasteiger charge is -2.22. The predicted molar refractivity (Wildman–Crippen MR) is 133 cm³/mol. The number of nitrogens with zero attached hydrogens (tertiary/aromatic N) is 3. The van der Waals surface area contributed by atoms with Crippen LogP contribution in [0.3, 0.4) is 0 Å². The Bertz CT molecular complexity index is 959. The van der Waals surface area contributed by atoms with Crippen LogP contribution < -0.4 is 9.47 Å². The summed E-state index contributed by atoms with van der Waals surface area (Å²) in [6.45, 7) is 9.09. The minimum atomic E-state index is 0.754. The van der Waals surface area contributed by atoms with Crippen molar-refractivity contribution in [1.29, 1.82) is 0 Å². The van der Waals surface area contributed by atoms with Gasteiger partial charge in [-0.15, -0.1) is 0 Å². The molecule has 3 aromatic rings. The van der Waals surface area contributed by atoms with Crippen LogP contribution in [0.25, 0.3) is 11.0 Å². The summed E-state index contributed by atoms with van der Waals surface area (Å²) >= 11 is 0.